The van der Waals surface area contributed by atoms with E-state index in [1.165, 1.54) is 12.3 Å². The minimum Gasteiger partial charge on any atom is -0.360 e. The molecule has 2 saturated carbocycles. The van der Waals surface area contributed by atoms with Crippen LogP contribution in [0.4, 0.5) is 5.82 Å². The predicted molar refractivity (Wildman–Crippen MR) is 151 cm³/mol. The van der Waals surface area contributed by atoms with Crippen LogP contribution in [-0.4, -0.2) is 48.6 Å². The molecule has 6 rings (SSSR count). The second kappa shape index (κ2) is 10.3. The van der Waals surface area contributed by atoms with Gasteiger partial charge in [0.15, 0.2) is 27.1 Å². The van der Waals surface area contributed by atoms with Crippen molar-refractivity contribution in [1.82, 2.24) is 34.5 Å². The summed E-state index contributed by atoms with van der Waals surface area (Å²) in [6.07, 6.45) is 9.75. The molecule has 1 N–H and O–H groups in total. The summed E-state index contributed by atoms with van der Waals surface area (Å²) in [7, 11) is -3.33. The molecule has 0 unspecified atom stereocenters. The van der Waals surface area contributed by atoms with Crippen molar-refractivity contribution in [1.29, 1.82) is 0 Å². The van der Waals surface area contributed by atoms with Gasteiger partial charge in [-0.15, -0.1) is 0 Å². The Morgan fingerprint density at radius 3 is 2.52 bits per heavy atom. The molecule has 4 aromatic heterocycles. The van der Waals surface area contributed by atoms with Gasteiger partial charge in [0, 0.05) is 18.2 Å². The van der Waals surface area contributed by atoms with Gasteiger partial charge in [-0.05, 0) is 50.7 Å². The number of hydrogen-bond donors (Lipinski definition) is 1. The Morgan fingerprint density at radius 1 is 1.02 bits per heavy atom. The van der Waals surface area contributed by atoms with Crippen LogP contribution in [0.5, 0.6) is 0 Å². The highest BCUT2D eigenvalue weighted by molar-refractivity contribution is 7.91. The lowest BCUT2D eigenvalue weighted by molar-refractivity contribution is 0.406. The fourth-order valence-corrected chi connectivity index (χ4v) is 6.35. The van der Waals surface area contributed by atoms with Gasteiger partial charge in [-0.25, -0.2) is 33.3 Å². The minimum absolute atomic E-state index is 0.00557. The minimum atomic E-state index is -3.33. The van der Waals surface area contributed by atoms with Crippen molar-refractivity contribution < 1.29 is 8.42 Å². The SMILES string of the molecule is CCS(=O)(=O)c1ccc(CNc2nc3cnc(-c4c(C)ncnc4C4CC4)nc3n([C@H]3CCC[C@@H]3C)c2=O)nc1. The highest BCUT2D eigenvalue weighted by Crippen LogP contribution is 2.43. The summed E-state index contributed by atoms with van der Waals surface area (Å²) < 4.78 is 26.0. The van der Waals surface area contributed by atoms with E-state index in [0.29, 0.717) is 34.5 Å². The molecule has 0 bridgehead atoms. The number of hydrogen-bond acceptors (Lipinski definition) is 10. The Morgan fingerprint density at radius 2 is 1.85 bits per heavy atom. The summed E-state index contributed by atoms with van der Waals surface area (Å²) in [5, 5.41) is 3.13. The number of nitrogens with one attached hydrogen (secondary N) is 1. The standard InChI is InChI=1S/C28H32N8O3S/c1-4-40(38,39)20-11-10-19(29-13-20)12-30-26-28(37)36(22-7-5-6-16(22)2)27-21(34-26)14-31-25(35-27)23-17(3)32-15-33-24(23)18-8-9-18/h10-11,13-16,18,22H,4-9,12H2,1-3H3,(H,30,34)/t16-,22-/m0/s1. The number of nitrogens with zero attached hydrogens (tertiary/aromatic N) is 7. The zero-order chi connectivity index (χ0) is 28.0. The number of pyridine rings is 1. The zero-order valence-corrected chi connectivity index (χ0v) is 23.6. The average Bonchev–Trinajstić information content (AvgIpc) is 3.72. The van der Waals surface area contributed by atoms with Gasteiger partial charge < -0.3 is 5.32 Å². The van der Waals surface area contributed by atoms with E-state index >= 15 is 0 Å². The van der Waals surface area contributed by atoms with Gasteiger partial charge in [-0.1, -0.05) is 20.3 Å². The Bertz CT molecular complexity index is 1750. The Hall–Kier alpha value is -3.80. The fraction of sp³-hybridized carbons (Fsp3) is 0.464. The predicted octanol–water partition coefficient (Wildman–Crippen LogP) is 3.99. The van der Waals surface area contributed by atoms with Crippen molar-refractivity contribution in [2.45, 2.75) is 76.3 Å². The maximum atomic E-state index is 13.9. The fourth-order valence-electron chi connectivity index (χ4n) is 5.53. The molecule has 4 aromatic rings. The monoisotopic (exact) mass is 560 g/mol. The van der Waals surface area contributed by atoms with Gasteiger partial charge >= 0.3 is 0 Å². The third-order valence-electron chi connectivity index (χ3n) is 8.01. The van der Waals surface area contributed by atoms with Gasteiger partial charge in [-0.2, -0.15) is 0 Å². The van der Waals surface area contributed by atoms with Crippen LogP contribution in [0.15, 0.2) is 40.5 Å². The molecule has 208 valence electrons. The third-order valence-corrected chi connectivity index (χ3v) is 9.73. The van der Waals surface area contributed by atoms with E-state index in [1.807, 2.05) is 6.92 Å². The number of fused-ring (bicyclic) bond motifs is 1. The Balaban J connectivity index is 1.40. The summed E-state index contributed by atoms with van der Waals surface area (Å²) in [5.41, 5.74) is 4.00. The summed E-state index contributed by atoms with van der Waals surface area (Å²) >= 11 is 0. The summed E-state index contributed by atoms with van der Waals surface area (Å²) in [4.78, 5) is 41.5. The molecule has 40 heavy (non-hydrogen) atoms. The van der Waals surface area contributed by atoms with Crippen molar-refractivity contribution in [2.24, 2.45) is 5.92 Å². The van der Waals surface area contributed by atoms with Crippen molar-refractivity contribution in [2.75, 3.05) is 11.1 Å². The molecular weight excluding hydrogens is 528 g/mol. The maximum Gasteiger partial charge on any atom is 0.295 e. The van der Waals surface area contributed by atoms with Gasteiger partial charge in [0.25, 0.3) is 5.56 Å². The molecule has 0 radical (unpaired) electrons. The summed E-state index contributed by atoms with van der Waals surface area (Å²) in [6.45, 7) is 5.92. The molecule has 0 aliphatic heterocycles. The summed E-state index contributed by atoms with van der Waals surface area (Å²) in [5.74, 6) is 1.42. The van der Waals surface area contributed by atoms with Crippen molar-refractivity contribution in [3.05, 3.63) is 58.3 Å². The largest absolute Gasteiger partial charge is 0.360 e. The van der Waals surface area contributed by atoms with Crippen LogP contribution in [-0.2, 0) is 16.4 Å². The van der Waals surface area contributed by atoms with Crippen molar-refractivity contribution >= 4 is 26.8 Å². The van der Waals surface area contributed by atoms with Crippen LogP contribution in [0.2, 0.25) is 0 Å². The molecular formula is C28H32N8O3S. The second-order valence-corrected chi connectivity index (χ2v) is 13.0. The third kappa shape index (κ3) is 4.85. The van der Waals surface area contributed by atoms with E-state index in [9.17, 15) is 13.2 Å². The van der Waals surface area contributed by atoms with Crippen molar-refractivity contribution in [3.63, 3.8) is 0 Å². The first-order valence-corrected chi connectivity index (χ1v) is 15.4. The van der Waals surface area contributed by atoms with Crippen LogP contribution in [0.1, 0.15) is 75.0 Å². The number of anilines is 1. The van der Waals surface area contributed by atoms with Crippen LogP contribution in [0.3, 0.4) is 0 Å². The quantitative estimate of drug-likeness (QED) is 0.336. The van der Waals surface area contributed by atoms with Crippen LogP contribution in [0, 0.1) is 12.8 Å². The van der Waals surface area contributed by atoms with E-state index in [2.05, 4.69) is 37.2 Å². The molecule has 12 heteroatoms. The molecule has 0 saturated heterocycles. The Kier molecular flexibility index (Phi) is 6.81. The topological polar surface area (TPSA) is 146 Å². The van der Waals surface area contributed by atoms with E-state index in [4.69, 9.17) is 4.98 Å². The molecule has 0 spiro atoms. The lowest BCUT2D eigenvalue weighted by Gasteiger charge is -2.21. The molecule has 4 heterocycles. The van der Waals surface area contributed by atoms with Crippen LogP contribution >= 0.6 is 0 Å². The van der Waals surface area contributed by atoms with Gasteiger partial charge in [0.1, 0.15) is 11.8 Å². The van der Waals surface area contributed by atoms with Gasteiger partial charge in [0.05, 0.1) is 46.0 Å². The van der Waals surface area contributed by atoms with Gasteiger partial charge in [0.2, 0.25) is 0 Å². The van der Waals surface area contributed by atoms with Gasteiger partial charge in [-0.3, -0.25) is 14.3 Å². The smallest absolute Gasteiger partial charge is 0.295 e. The number of aryl methyl sites for hydroxylation is 1. The lowest BCUT2D eigenvalue weighted by atomic mass is 10.1. The number of aromatic nitrogens is 7. The zero-order valence-electron chi connectivity index (χ0n) is 22.8. The maximum absolute atomic E-state index is 13.9. The molecule has 2 atom stereocenters. The number of rotatable bonds is 8. The summed E-state index contributed by atoms with van der Waals surface area (Å²) in [6, 6.07) is 3.18. The first kappa shape index (κ1) is 26.4. The van der Waals surface area contributed by atoms with E-state index in [-0.39, 0.29) is 34.6 Å². The highest BCUT2D eigenvalue weighted by Gasteiger charge is 2.32. The molecule has 2 fully saturated rings. The average molecular weight is 561 g/mol. The second-order valence-electron chi connectivity index (χ2n) is 10.7. The molecule has 0 amide bonds. The highest BCUT2D eigenvalue weighted by atomic mass is 32.2. The first-order valence-electron chi connectivity index (χ1n) is 13.8. The molecule has 2 aliphatic rings. The van der Waals surface area contributed by atoms with E-state index < -0.39 is 9.84 Å². The molecule has 0 aromatic carbocycles. The normalized spacial score (nSPS) is 19.3. The number of sulfone groups is 1. The Labute approximate surface area is 232 Å². The van der Waals surface area contributed by atoms with Crippen molar-refractivity contribution in [3.8, 4) is 11.4 Å². The van der Waals surface area contributed by atoms with E-state index in [1.54, 1.807) is 30.1 Å². The van der Waals surface area contributed by atoms with E-state index in [0.717, 1.165) is 49.1 Å². The van der Waals surface area contributed by atoms with Crippen LogP contribution in [0.25, 0.3) is 22.6 Å². The molecule has 2 aliphatic carbocycles. The lowest BCUT2D eigenvalue weighted by Crippen LogP contribution is -2.30. The van der Waals surface area contributed by atoms with Crippen LogP contribution < -0.4 is 10.9 Å². The first-order chi connectivity index (χ1) is 19.3. The molecule has 11 nitrogen and oxygen atoms in total.